The number of nitrogens with zero attached hydrogens (tertiary/aromatic N) is 3. The Morgan fingerprint density at radius 1 is 0.469 bits per heavy atom. The van der Waals surface area contributed by atoms with Crippen LogP contribution in [0.2, 0.25) is 0 Å². The van der Waals surface area contributed by atoms with Crippen LogP contribution >= 0.6 is 0 Å². The molecule has 0 unspecified atom stereocenters. The van der Waals surface area contributed by atoms with Gasteiger partial charge in [-0.3, -0.25) is 0 Å². The van der Waals surface area contributed by atoms with E-state index in [0.29, 0.717) is 17.5 Å². The Hall–Kier alpha value is -6.59. The molecule has 0 bridgehead atoms. The number of furan rings is 2. The summed E-state index contributed by atoms with van der Waals surface area (Å²) < 4.78 is 12.5. The fraction of sp³-hybridized carbons (Fsp3) is 0.0227. The van der Waals surface area contributed by atoms with Crippen LogP contribution < -0.4 is 0 Å². The van der Waals surface area contributed by atoms with Crippen LogP contribution in [0, 0.1) is 0 Å². The van der Waals surface area contributed by atoms with Crippen LogP contribution in [-0.4, -0.2) is 15.0 Å². The zero-order valence-electron chi connectivity index (χ0n) is 26.7. The number of rotatable bonds is 6. The molecule has 9 aromatic rings. The van der Waals surface area contributed by atoms with Crippen LogP contribution in [0.15, 0.2) is 161 Å². The molecule has 0 aliphatic heterocycles. The summed E-state index contributed by atoms with van der Waals surface area (Å²) in [5, 5.41) is 6.34. The molecule has 5 heteroatoms. The standard InChI is InChI=1S/C44H29N3O2/c1-2-3-4-5-6-12-28-19-23-34-40(25-28)49-39-18-11-16-35(41(34)39)44-46-42(31-21-20-29-13-7-8-14-30(29)26-31)45-43(47-44)32-22-24-38-36(27-32)33-15-9-10-17-37(33)48-38/h2-27H,1H3/b3-2-,5-4-,12-6+. The van der Waals surface area contributed by atoms with E-state index in [4.69, 9.17) is 23.8 Å². The second kappa shape index (κ2) is 11.9. The number of hydrogen-bond acceptors (Lipinski definition) is 5. The minimum absolute atomic E-state index is 0.580. The van der Waals surface area contributed by atoms with Gasteiger partial charge in [-0.05, 0) is 71.8 Å². The normalized spacial score (nSPS) is 12.3. The molecule has 0 spiro atoms. The van der Waals surface area contributed by atoms with Crippen molar-refractivity contribution in [2.75, 3.05) is 0 Å². The van der Waals surface area contributed by atoms with Crippen molar-refractivity contribution >= 4 is 60.7 Å². The molecule has 3 heterocycles. The fourth-order valence-electron chi connectivity index (χ4n) is 6.49. The maximum absolute atomic E-state index is 6.41. The van der Waals surface area contributed by atoms with Gasteiger partial charge in [0.15, 0.2) is 17.5 Å². The molecule has 0 aliphatic rings. The Morgan fingerprint density at radius 2 is 1.18 bits per heavy atom. The van der Waals surface area contributed by atoms with Gasteiger partial charge in [0.2, 0.25) is 0 Å². The highest BCUT2D eigenvalue weighted by Crippen LogP contribution is 2.38. The lowest BCUT2D eigenvalue weighted by atomic mass is 10.0. The van der Waals surface area contributed by atoms with Gasteiger partial charge in [-0.2, -0.15) is 0 Å². The molecule has 9 rings (SSSR count). The first kappa shape index (κ1) is 28.6. The van der Waals surface area contributed by atoms with E-state index in [1.165, 1.54) is 0 Å². The van der Waals surface area contributed by atoms with E-state index < -0.39 is 0 Å². The molecule has 0 saturated heterocycles. The van der Waals surface area contributed by atoms with E-state index >= 15 is 0 Å². The summed E-state index contributed by atoms with van der Waals surface area (Å²) in [7, 11) is 0. The summed E-state index contributed by atoms with van der Waals surface area (Å²) in [6.07, 6.45) is 12.1. The summed E-state index contributed by atoms with van der Waals surface area (Å²) in [6, 6.07) is 41.2. The summed E-state index contributed by atoms with van der Waals surface area (Å²) in [5.41, 5.74) is 7.01. The zero-order valence-corrected chi connectivity index (χ0v) is 26.7. The van der Waals surface area contributed by atoms with Gasteiger partial charge in [-0.15, -0.1) is 0 Å². The highest BCUT2D eigenvalue weighted by molar-refractivity contribution is 6.12. The van der Waals surface area contributed by atoms with Crippen LogP contribution in [0.1, 0.15) is 12.5 Å². The Morgan fingerprint density at radius 3 is 2.08 bits per heavy atom. The Bertz CT molecular complexity index is 2800. The maximum Gasteiger partial charge on any atom is 0.164 e. The van der Waals surface area contributed by atoms with Crippen molar-refractivity contribution in [1.82, 2.24) is 15.0 Å². The third kappa shape index (κ3) is 5.18. The summed E-state index contributed by atoms with van der Waals surface area (Å²) >= 11 is 0. The van der Waals surface area contributed by atoms with Gasteiger partial charge in [0.05, 0.1) is 0 Å². The average molecular weight is 632 g/mol. The van der Waals surface area contributed by atoms with Crippen LogP contribution in [-0.2, 0) is 0 Å². The molecule has 3 aromatic heterocycles. The van der Waals surface area contributed by atoms with Gasteiger partial charge < -0.3 is 8.83 Å². The molecule has 49 heavy (non-hydrogen) atoms. The number of para-hydroxylation sites is 1. The first-order valence-corrected chi connectivity index (χ1v) is 16.3. The maximum atomic E-state index is 6.41. The van der Waals surface area contributed by atoms with Crippen LogP contribution in [0.25, 0.3) is 94.9 Å². The van der Waals surface area contributed by atoms with Crippen LogP contribution in [0.4, 0.5) is 0 Å². The van der Waals surface area contributed by atoms with E-state index in [-0.39, 0.29) is 0 Å². The minimum atomic E-state index is 0.580. The van der Waals surface area contributed by atoms with Crippen molar-refractivity contribution in [3.8, 4) is 34.2 Å². The number of hydrogen-bond donors (Lipinski definition) is 0. The molecule has 0 amide bonds. The van der Waals surface area contributed by atoms with Crippen LogP contribution in [0.5, 0.6) is 0 Å². The second-order valence-electron chi connectivity index (χ2n) is 12.0. The van der Waals surface area contributed by atoms with Crippen molar-refractivity contribution in [2.45, 2.75) is 6.92 Å². The Kier molecular flexibility index (Phi) is 6.95. The summed E-state index contributed by atoms with van der Waals surface area (Å²) in [5.74, 6) is 1.77. The van der Waals surface area contributed by atoms with Crippen molar-refractivity contribution in [1.29, 1.82) is 0 Å². The molecule has 0 aliphatic carbocycles. The van der Waals surface area contributed by atoms with Gasteiger partial charge in [0.25, 0.3) is 0 Å². The smallest absolute Gasteiger partial charge is 0.164 e. The molecule has 0 fully saturated rings. The molecule has 232 valence electrons. The quantitative estimate of drug-likeness (QED) is 0.171. The van der Waals surface area contributed by atoms with E-state index in [1.54, 1.807) is 0 Å². The van der Waals surface area contributed by atoms with Crippen molar-refractivity contribution in [3.63, 3.8) is 0 Å². The third-order valence-corrected chi connectivity index (χ3v) is 8.85. The van der Waals surface area contributed by atoms with Crippen LogP contribution in [0.3, 0.4) is 0 Å². The first-order chi connectivity index (χ1) is 24.2. The third-order valence-electron chi connectivity index (χ3n) is 8.85. The van der Waals surface area contributed by atoms with Gasteiger partial charge in [-0.1, -0.05) is 109 Å². The molecular formula is C44H29N3O2. The molecule has 0 atom stereocenters. The number of fused-ring (bicyclic) bond motifs is 7. The summed E-state index contributed by atoms with van der Waals surface area (Å²) in [4.78, 5) is 15.3. The number of aromatic nitrogens is 3. The zero-order chi connectivity index (χ0) is 32.7. The lowest BCUT2D eigenvalue weighted by Gasteiger charge is -2.10. The predicted octanol–water partition coefficient (Wildman–Crippen LogP) is 12.0. The van der Waals surface area contributed by atoms with Crippen molar-refractivity contribution in [2.24, 2.45) is 0 Å². The van der Waals surface area contributed by atoms with Gasteiger partial charge in [0.1, 0.15) is 22.3 Å². The van der Waals surface area contributed by atoms with E-state index in [9.17, 15) is 0 Å². The molecule has 0 radical (unpaired) electrons. The highest BCUT2D eigenvalue weighted by atomic mass is 16.3. The fourth-order valence-corrected chi connectivity index (χ4v) is 6.49. The second-order valence-corrected chi connectivity index (χ2v) is 12.0. The predicted molar refractivity (Wildman–Crippen MR) is 201 cm³/mol. The SMILES string of the molecule is C\C=C/C=C\C=C\c1ccc2c(c1)oc1cccc(-c3nc(-c4ccc5ccccc5c4)nc(-c4ccc5oc6ccccc6c5c4)n3)c12. The van der Waals surface area contributed by atoms with Crippen molar-refractivity contribution in [3.05, 3.63) is 157 Å². The Labute approximate surface area is 282 Å². The lowest BCUT2D eigenvalue weighted by molar-refractivity contribution is 0.668. The minimum Gasteiger partial charge on any atom is -0.456 e. The first-order valence-electron chi connectivity index (χ1n) is 16.3. The van der Waals surface area contributed by atoms with Gasteiger partial charge in [-0.25, -0.2) is 15.0 Å². The van der Waals surface area contributed by atoms with Gasteiger partial charge in [0, 0.05) is 38.2 Å². The molecule has 5 nitrogen and oxygen atoms in total. The van der Waals surface area contributed by atoms with E-state index in [0.717, 1.165) is 76.9 Å². The number of benzene rings is 6. The molecule has 6 aromatic carbocycles. The van der Waals surface area contributed by atoms with E-state index in [1.807, 2.05) is 91.9 Å². The average Bonchev–Trinajstić information content (AvgIpc) is 3.72. The van der Waals surface area contributed by atoms with E-state index in [2.05, 4.69) is 72.8 Å². The monoisotopic (exact) mass is 631 g/mol. The topological polar surface area (TPSA) is 65.0 Å². The summed E-state index contributed by atoms with van der Waals surface area (Å²) in [6.45, 7) is 2.00. The Balaban J connectivity index is 1.23. The van der Waals surface area contributed by atoms with Gasteiger partial charge >= 0.3 is 0 Å². The largest absolute Gasteiger partial charge is 0.456 e. The molecular weight excluding hydrogens is 603 g/mol. The lowest BCUT2D eigenvalue weighted by Crippen LogP contribution is -2.00. The molecule has 0 N–H and O–H groups in total. The highest BCUT2D eigenvalue weighted by Gasteiger charge is 2.19. The molecule has 0 saturated carbocycles. The number of allylic oxidation sites excluding steroid dienone is 5. The van der Waals surface area contributed by atoms with Crippen molar-refractivity contribution < 1.29 is 8.83 Å².